The van der Waals surface area contributed by atoms with Crippen molar-refractivity contribution in [3.63, 3.8) is 0 Å². The molecule has 8 unspecified atom stereocenters. The van der Waals surface area contributed by atoms with Gasteiger partial charge in [-0.2, -0.15) is 9.57 Å². The van der Waals surface area contributed by atoms with Crippen LogP contribution in [0.1, 0.15) is 84.1 Å². The van der Waals surface area contributed by atoms with Gasteiger partial charge in [-0.1, -0.05) is 6.92 Å². The van der Waals surface area contributed by atoms with Crippen molar-refractivity contribution >= 4 is 10.0 Å². The molecule has 7 heteroatoms. The number of rotatable bonds is 7. The average molecular weight is 543 g/mol. The van der Waals surface area contributed by atoms with Crippen LogP contribution < -0.4 is 0 Å². The van der Waals surface area contributed by atoms with Gasteiger partial charge in [-0.25, -0.2) is 8.42 Å². The molecular weight excluding hydrogens is 496 g/mol. The Morgan fingerprint density at radius 2 is 1.79 bits per heavy atom. The highest BCUT2D eigenvalue weighted by molar-refractivity contribution is 7.89. The minimum Gasteiger partial charge on any atom is -0.387 e. The fourth-order valence-electron chi connectivity index (χ4n) is 9.56. The molecule has 4 fully saturated rings. The monoisotopic (exact) mass is 542 g/mol. The molecule has 0 spiro atoms. The minimum atomic E-state index is -3.63. The maximum atomic E-state index is 13.5. The number of nitriles is 1. The van der Waals surface area contributed by atoms with Crippen LogP contribution in [0, 0.1) is 52.3 Å². The van der Waals surface area contributed by atoms with Crippen LogP contribution in [-0.2, 0) is 14.8 Å². The van der Waals surface area contributed by atoms with Crippen LogP contribution in [-0.4, -0.2) is 49.7 Å². The first-order valence-corrected chi connectivity index (χ1v) is 16.3. The molecular formula is C31H46N2O4S. The SMILES string of the molecule is CCOC[C@@]1(O)CCC2C(CCC3C2CCC2(C)C3CCC2C(C)N(C)S(=O)(=O)c2ccc(C#N)cc2)C1. The lowest BCUT2D eigenvalue weighted by molar-refractivity contribution is -0.129. The highest BCUT2D eigenvalue weighted by Gasteiger charge is 2.59. The lowest BCUT2D eigenvalue weighted by Gasteiger charge is -2.57. The van der Waals surface area contributed by atoms with Gasteiger partial charge in [0.05, 0.1) is 28.7 Å². The molecule has 6 nitrogen and oxygen atoms in total. The zero-order valence-electron chi connectivity index (χ0n) is 23.6. The Hall–Kier alpha value is -1.46. The molecule has 210 valence electrons. The van der Waals surface area contributed by atoms with Gasteiger partial charge in [-0.3, -0.25) is 0 Å². The first-order chi connectivity index (χ1) is 18.0. The largest absolute Gasteiger partial charge is 0.387 e. The molecule has 0 aliphatic heterocycles. The second-order valence-electron chi connectivity index (χ2n) is 13.2. The predicted molar refractivity (Wildman–Crippen MR) is 148 cm³/mol. The summed E-state index contributed by atoms with van der Waals surface area (Å²) in [5.41, 5.74) is -0.0209. The Kier molecular flexibility index (Phi) is 7.76. The summed E-state index contributed by atoms with van der Waals surface area (Å²) >= 11 is 0. The molecule has 0 saturated heterocycles. The number of hydrogen-bond acceptors (Lipinski definition) is 5. The van der Waals surface area contributed by atoms with E-state index in [0.29, 0.717) is 36.5 Å². The fourth-order valence-corrected chi connectivity index (χ4v) is 11.0. The van der Waals surface area contributed by atoms with Crippen LogP contribution >= 0.6 is 0 Å². The first-order valence-electron chi connectivity index (χ1n) is 14.8. The molecule has 1 aromatic rings. The summed E-state index contributed by atoms with van der Waals surface area (Å²) in [4.78, 5) is 0.258. The lowest BCUT2D eigenvalue weighted by Crippen LogP contribution is -2.53. The number of sulfonamides is 1. The Balaban J connectivity index is 1.29. The molecule has 1 aromatic carbocycles. The van der Waals surface area contributed by atoms with Crippen LogP contribution in [0.3, 0.4) is 0 Å². The second-order valence-corrected chi connectivity index (χ2v) is 15.2. The van der Waals surface area contributed by atoms with E-state index in [0.717, 1.165) is 43.4 Å². The van der Waals surface area contributed by atoms with Crippen molar-refractivity contribution in [1.29, 1.82) is 5.26 Å². The van der Waals surface area contributed by atoms with E-state index in [1.807, 2.05) is 6.92 Å². The van der Waals surface area contributed by atoms with E-state index in [-0.39, 0.29) is 16.4 Å². The number of aliphatic hydroxyl groups is 1. The number of ether oxygens (including phenoxy) is 1. The highest BCUT2D eigenvalue weighted by Crippen LogP contribution is 2.65. The van der Waals surface area contributed by atoms with Crippen LogP contribution in [0.15, 0.2) is 29.2 Å². The molecule has 1 N–H and O–H groups in total. The Bertz CT molecular complexity index is 1150. The van der Waals surface area contributed by atoms with E-state index >= 15 is 0 Å². The Labute approximate surface area is 229 Å². The average Bonchev–Trinajstić information content (AvgIpc) is 3.28. The van der Waals surface area contributed by atoms with Crippen molar-refractivity contribution in [1.82, 2.24) is 4.31 Å². The van der Waals surface area contributed by atoms with E-state index in [9.17, 15) is 13.5 Å². The van der Waals surface area contributed by atoms with E-state index in [2.05, 4.69) is 19.9 Å². The predicted octanol–water partition coefficient (Wildman–Crippen LogP) is 5.60. The van der Waals surface area contributed by atoms with E-state index in [4.69, 9.17) is 10.00 Å². The smallest absolute Gasteiger partial charge is 0.243 e. The van der Waals surface area contributed by atoms with Crippen LogP contribution in [0.5, 0.6) is 0 Å². The van der Waals surface area contributed by atoms with E-state index in [1.54, 1.807) is 35.6 Å². The van der Waals surface area contributed by atoms with E-state index < -0.39 is 15.6 Å². The maximum absolute atomic E-state index is 13.5. The molecule has 9 atom stereocenters. The van der Waals surface area contributed by atoms with Gasteiger partial charge in [0.2, 0.25) is 10.0 Å². The summed E-state index contributed by atoms with van der Waals surface area (Å²) in [5.74, 6) is 3.80. The molecule has 0 radical (unpaired) electrons. The molecule has 4 aliphatic rings. The van der Waals surface area contributed by atoms with Crippen LogP contribution in [0.25, 0.3) is 0 Å². The molecule has 0 amide bonds. The number of fused-ring (bicyclic) bond motifs is 5. The summed E-state index contributed by atoms with van der Waals surface area (Å²) in [6, 6.07) is 8.26. The van der Waals surface area contributed by atoms with Crippen molar-refractivity contribution in [2.75, 3.05) is 20.3 Å². The van der Waals surface area contributed by atoms with Crippen molar-refractivity contribution in [3.05, 3.63) is 29.8 Å². The van der Waals surface area contributed by atoms with Gasteiger partial charge in [0.1, 0.15) is 0 Å². The van der Waals surface area contributed by atoms with E-state index in [1.165, 1.54) is 32.1 Å². The molecule has 4 saturated carbocycles. The summed E-state index contributed by atoms with van der Waals surface area (Å²) in [5, 5.41) is 20.2. The van der Waals surface area contributed by atoms with Gasteiger partial charge in [0.25, 0.3) is 0 Å². The topological polar surface area (TPSA) is 90.6 Å². The number of hydrogen-bond donors (Lipinski definition) is 1. The van der Waals surface area contributed by atoms with Crippen molar-refractivity contribution in [2.45, 2.75) is 95.1 Å². The third-order valence-electron chi connectivity index (χ3n) is 11.6. The third-order valence-corrected chi connectivity index (χ3v) is 13.5. The molecule has 38 heavy (non-hydrogen) atoms. The fraction of sp³-hybridized carbons (Fsp3) is 0.774. The van der Waals surface area contributed by atoms with Gasteiger partial charge in [0, 0.05) is 19.7 Å². The quantitative estimate of drug-likeness (QED) is 0.484. The minimum absolute atomic E-state index is 0.0817. The molecule has 0 aromatic heterocycles. The van der Waals surface area contributed by atoms with Crippen LogP contribution in [0.4, 0.5) is 0 Å². The lowest BCUT2D eigenvalue weighted by atomic mass is 9.48. The summed E-state index contributed by atoms with van der Waals surface area (Å²) in [6.45, 7) is 7.68. The third kappa shape index (κ3) is 4.74. The van der Waals surface area contributed by atoms with Crippen molar-refractivity contribution < 1.29 is 18.3 Å². The van der Waals surface area contributed by atoms with Crippen molar-refractivity contribution in [3.8, 4) is 6.07 Å². The Morgan fingerprint density at radius 1 is 1.08 bits per heavy atom. The van der Waals surface area contributed by atoms with Gasteiger partial charge < -0.3 is 9.84 Å². The highest BCUT2D eigenvalue weighted by atomic mass is 32.2. The first kappa shape index (κ1) is 28.1. The van der Waals surface area contributed by atoms with Gasteiger partial charge in [-0.15, -0.1) is 0 Å². The van der Waals surface area contributed by atoms with Crippen molar-refractivity contribution in [2.24, 2.45) is 40.9 Å². The summed E-state index contributed by atoms with van der Waals surface area (Å²) in [7, 11) is -1.90. The Morgan fingerprint density at radius 3 is 2.47 bits per heavy atom. The molecule has 4 aliphatic carbocycles. The van der Waals surface area contributed by atoms with Gasteiger partial charge >= 0.3 is 0 Å². The van der Waals surface area contributed by atoms with Crippen LogP contribution in [0.2, 0.25) is 0 Å². The number of nitrogens with zero attached hydrogens (tertiary/aromatic N) is 2. The zero-order valence-corrected chi connectivity index (χ0v) is 24.4. The summed E-state index contributed by atoms with van der Waals surface area (Å²) in [6.07, 6.45) is 10.0. The number of benzene rings is 1. The van der Waals surface area contributed by atoms with Gasteiger partial charge in [0.15, 0.2) is 0 Å². The molecule has 0 heterocycles. The van der Waals surface area contributed by atoms with Gasteiger partial charge in [-0.05, 0) is 137 Å². The normalized spacial score (nSPS) is 39.6. The standard InChI is InChI=1S/C31H46N2O4S/c1-5-37-20-31(34)17-15-25-23(18-31)8-11-27-26(25)14-16-30(3)28(12-13-29(27)30)21(2)33(4)38(35,36)24-9-6-22(19-32)7-10-24/h6-7,9-10,21,23,25-29,34H,5,8,11-18,20H2,1-4H3/t21?,23?,25?,26?,27?,28?,29?,30?,31-/m1/s1. The zero-order chi connectivity index (χ0) is 27.3. The second kappa shape index (κ2) is 10.5. The summed E-state index contributed by atoms with van der Waals surface area (Å²) < 4.78 is 34.3. The molecule has 0 bridgehead atoms. The maximum Gasteiger partial charge on any atom is 0.243 e. The molecule has 5 rings (SSSR count).